The molecule has 0 aromatic heterocycles. The van der Waals surface area contributed by atoms with Gasteiger partial charge in [-0.1, -0.05) is 13.3 Å². The molecule has 2 heterocycles. The second-order valence-corrected chi connectivity index (χ2v) is 6.80. The summed E-state index contributed by atoms with van der Waals surface area (Å²) in [5, 5.41) is 0. The Labute approximate surface area is 145 Å². The van der Waals surface area contributed by atoms with E-state index in [0.717, 1.165) is 49.9 Å². The molecule has 5 heteroatoms. The highest BCUT2D eigenvalue weighted by molar-refractivity contribution is 5.51. The number of rotatable bonds is 8. The molecule has 0 atom stereocenters. The molecule has 0 bridgehead atoms. The zero-order valence-corrected chi connectivity index (χ0v) is 15.1. The quantitative estimate of drug-likeness (QED) is 0.730. The monoisotopic (exact) mass is 334 g/mol. The van der Waals surface area contributed by atoms with Crippen molar-refractivity contribution in [2.45, 2.75) is 39.2 Å². The number of likely N-dealkylation sites (N-methyl/N-ethyl adjacent to an activating group) is 1. The van der Waals surface area contributed by atoms with Gasteiger partial charge in [-0.15, -0.1) is 0 Å². The Balaban J connectivity index is 1.59. The maximum absolute atomic E-state index is 5.93. The minimum absolute atomic E-state index is 0.302. The lowest BCUT2D eigenvalue weighted by molar-refractivity contribution is 0.173. The van der Waals surface area contributed by atoms with Crippen molar-refractivity contribution in [1.29, 1.82) is 0 Å². The summed E-state index contributed by atoms with van der Waals surface area (Å²) in [5.74, 6) is 2.55. The Morgan fingerprint density at radius 1 is 1.12 bits per heavy atom. The molecule has 1 aromatic carbocycles. The number of hydrogen-bond acceptors (Lipinski definition) is 5. The Hall–Kier alpha value is -1.46. The number of piperidine rings is 1. The summed E-state index contributed by atoms with van der Waals surface area (Å²) in [6.45, 7) is 8.74. The van der Waals surface area contributed by atoms with Gasteiger partial charge in [-0.05, 0) is 45.5 Å². The molecule has 1 aromatic rings. The van der Waals surface area contributed by atoms with Gasteiger partial charge in [0.25, 0.3) is 0 Å². The molecule has 0 N–H and O–H groups in total. The number of fused-ring (bicyclic) bond motifs is 1. The van der Waals surface area contributed by atoms with Gasteiger partial charge >= 0.3 is 0 Å². The van der Waals surface area contributed by atoms with E-state index in [4.69, 9.17) is 14.2 Å². The van der Waals surface area contributed by atoms with Crippen molar-refractivity contribution in [2.75, 3.05) is 46.6 Å². The minimum Gasteiger partial charge on any atom is -0.493 e. The maximum Gasteiger partial charge on any atom is 0.231 e. The SMILES string of the molecule is CCCOc1cc2c(cc1CN(C)CCN1CCCCC1)OCO2. The van der Waals surface area contributed by atoms with E-state index >= 15 is 0 Å². The first-order valence-corrected chi connectivity index (χ1v) is 9.22. The number of nitrogens with zero attached hydrogens (tertiary/aromatic N) is 2. The molecular formula is C19H30N2O3. The van der Waals surface area contributed by atoms with Gasteiger partial charge in [-0.25, -0.2) is 0 Å². The van der Waals surface area contributed by atoms with Crippen LogP contribution in [0.25, 0.3) is 0 Å². The van der Waals surface area contributed by atoms with Gasteiger partial charge in [0.1, 0.15) is 5.75 Å². The van der Waals surface area contributed by atoms with E-state index in [-0.39, 0.29) is 0 Å². The highest BCUT2D eigenvalue weighted by Crippen LogP contribution is 2.38. The van der Waals surface area contributed by atoms with Crippen molar-refractivity contribution in [3.8, 4) is 17.2 Å². The summed E-state index contributed by atoms with van der Waals surface area (Å²) in [6, 6.07) is 4.05. The van der Waals surface area contributed by atoms with Crippen LogP contribution in [-0.2, 0) is 6.54 Å². The predicted octanol–water partition coefficient (Wildman–Crippen LogP) is 3.12. The molecule has 0 unspecified atom stereocenters. The molecule has 0 aliphatic carbocycles. The predicted molar refractivity (Wildman–Crippen MR) is 95.0 cm³/mol. The standard InChI is InChI=1S/C19H30N2O3/c1-3-11-22-17-13-19-18(23-15-24-19)12-16(17)14-20(2)9-10-21-7-5-4-6-8-21/h12-13H,3-11,14-15H2,1-2H3. The van der Waals surface area contributed by atoms with E-state index in [9.17, 15) is 0 Å². The number of benzene rings is 1. The summed E-state index contributed by atoms with van der Waals surface area (Å²) < 4.78 is 16.9. The molecule has 2 aliphatic heterocycles. The van der Waals surface area contributed by atoms with E-state index in [0.29, 0.717) is 6.79 Å². The third-order valence-corrected chi connectivity index (χ3v) is 4.70. The topological polar surface area (TPSA) is 34.2 Å². The van der Waals surface area contributed by atoms with E-state index in [1.807, 2.05) is 6.07 Å². The van der Waals surface area contributed by atoms with Crippen molar-refractivity contribution >= 4 is 0 Å². The zero-order chi connectivity index (χ0) is 16.8. The first kappa shape index (κ1) is 17.4. The molecule has 24 heavy (non-hydrogen) atoms. The summed E-state index contributed by atoms with van der Waals surface area (Å²) in [7, 11) is 2.18. The zero-order valence-electron chi connectivity index (χ0n) is 15.1. The smallest absolute Gasteiger partial charge is 0.231 e. The van der Waals surface area contributed by atoms with E-state index in [2.05, 4.69) is 29.8 Å². The van der Waals surface area contributed by atoms with Gasteiger partial charge in [0.15, 0.2) is 11.5 Å². The van der Waals surface area contributed by atoms with Crippen molar-refractivity contribution in [3.63, 3.8) is 0 Å². The largest absolute Gasteiger partial charge is 0.493 e. The lowest BCUT2D eigenvalue weighted by atomic mass is 10.1. The normalized spacial score (nSPS) is 17.5. The minimum atomic E-state index is 0.302. The van der Waals surface area contributed by atoms with Crippen molar-refractivity contribution in [3.05, 3.63) is 17.7 Å². The van der Waals surface area contributed by atoms with Crippen LogP contribution in [0.15, 0.2) is 12.1 Å². The van der Waals surface area contributed by atoms with Crippen LogP contribution < -0.4 is 14.2 Å². The molecule has 1 saturated heterocycles. The number of ether oxygens (including phenoxy) is 3. The van der Waals surface area contributed by atoms with Gasteiger partial charge in [-0.2, -0.15) is 0 Å². The number of hydrogen-bond donors (Lipinski definition) is 0. The van der Waals surface area contributed by atoms with Gasteiger partial charge in [0.05, 0.1) is 6.61 Å². The Morgan fingerprint density at radius 3 is 2.62 bits per heavy atom. The molecule has 0 spiro atoms. The highest BCUT2D eigenvalue weighted by atomic mass is 16.7. The van der Waals surface area contributed by atoms with Gasteiger partial charge in [0, 0.05) is 31.3 Å². The Bertz CT molecular complexity index is 530. The van der Waals surface area contributed by atoms with E-state index in [1.54, 1.807) is 0 Å². The lowest BCUT2D eigenvalue weighted by Gasteiger charge is -2.28. The molecule has 0 amide bonds. The fourth-order valence-corrected chi connectivity index (χ4v) is 3.30. The van der Waals surface area contributed by atoms with Crippen LogP contribution >= 0.6 is 0 Å². The van der Waals surface area contributed by atoms with Crippen molar-refractivity contribution in [2.24, 2.45) is 0 Å². The van der Waals surface area contributed by atoms with Gasteiger partial charge in [-0.3, -0.25) is 0 Å². The van der Waals surface area contributed by atoms with Crippen LogP contribution in [0.3, 0.4) is 0 Å². The Morgan fingerprint density at radius 2 is 1.88 bits per heavy atom. The summed E-state index contributed by atoms with van der Waals surface area (Å²) in [6.07, 6.45) is 5.09. The first-order valence-electron chi connectivity index (χ1n) is 9.22. The second-order valence-electron chi connectivity index (χ2n) is 6.80. The lowest BCUT2D eigenvalue weighted by Crippen LogP contribution is -2.36. The number of likely N-dealkylation sites (tertiary alicyclic amines) is 1. The third-order valence-electron chi connectivity index (χ3n) is 4.70. The third kappa shape index (κ3) is 4.54. The van der Waals surface area contributed by atoms with Crippen LogP contribution in [0.2, 0.25) is 0 Å². The van der Waals surface area contributed by atoms with Crippen molar-refractivity contribution < 1.29 is 14.2 Å². The van der Waals surface area contributed by atoms with Crippen LogP contribution in [0.4, 0.5) is 0 Å². The van der Waals surface area contributed by atoms with E-state index in [1.165, 1.54) is 37.9 Å². The fourth-order valence-electron chi connectivity index (χ4n) is 3.30. The summed E-state index contributed by atoms with van der Waals surface area (Å²) >= 11 is 0. The van der Waals surface area contributed by atoms with Crippen molar-refractivity contribution in [1.82, 2.24) is 9.80 Å². The van der Waals surface area contributed by atoms with Gasteiger partial charge < -0.3 is 24.0 Å². The maximum atomic E-state index is 5.93. The first-order chi connectivity index (χ1) is 11.8. The molecule has 3 rings (SSSR count). The molecule has 1 fully saturated rings. The van der Waals surface area contributed by atoms with Crippen LogP contribution in [0.5, 0.6) is 17.2 Å². The molecule has 2 aliphatic rings. The van der Waals surface area contributed by atoms with Gasteiger partial charge in [0.2, 0.25) is 6.79 Å². The van der Waals surface area contributed by atoms with E-state index < -0.39 is 0 Å². The fraction of sp³-hybridized carbons (Fsp3) is 0.684. The second kappa shape index (κ2) is 8.58. The molecule has 5 nitrogen and oxygen atoms in total. The molecule has 0 saturated carbocycles. The highest BCUT2D eigenvalue weighted by Gasteiger charge is 2.19. The average Bonchev–Trinajstić information content (AvgIpc) is 3.06. The van der Waals surface area contributed by atoms with Crippen LogP contribution in [0, 0.1) is 0 Å². The Kier molecular flexibility index (Phi) is 6.21. The molecular weight excluding hydrogens is 304 g/mol. The average molecular weight is 334 g/mol. The molecule has 134 valence electrons. The van der Waals surface area contributed by atoms with Crippen LogP contribution in [0.1, 0.15) is 38.2 Å². The van der Waals surface area contributed by atoms with Crippen LogP contribution in [-0.4, -0.2) is 56.4 Å². The molecule has 0 radical (unpaired) electrons. The summed E-state index contributed by atoms with van der Waals surface area (Å²) in [5.41, 5.74) is 1.17. The summed E-state index contributed by atoms with van der Waals surface area (Å²) in [4.78, 5) is 4.94.